The summed E-state index contributed by atoms with van der Waals surface area (Å²) in [6.07, 6.45) is 2.60. The molecule has 1 aromatic heterocycles. The van der Waals surface area contributed by atoms with Gasteiger partial charge in [-0.2, -0.15) is 0 Å². The molecule has 0 spiro atoms. The number of carbonyl (C=O) groups excluding carboxylic acids is 1. The van der Waals surface area contributed by atoms with Gasteiger partial charge in [0.25, 0.3) is 0 Å². The van der Waals surface area contributed by atoms with Crippen LogP contribution in [0.2, 0.25) is 0 Å². The molecule has 4 nitrogen and oxygen atoms in total. The minimum Gasteiger partial charge on any atom is -0.325 e. The molecule has 1 saturated heterocycles. The van der Waals surface area contributed by atoms with Gasteiger partial charge in [-0.1, -0.05) is 48.5 Å². The molecule has 1 aliphatic heterocycles. The van der Waals surface area contributed by atoms with E-state index in [9.17, 15) is 4.79 Å². The van der Waals surface area contributed by atoms with Crippen molar-refractivity contribution >= 4 is 22.9 Å². The zero-order chi connectivity index (χ0) is 19.9. The van der Waals surface area contributed by atoms with Crippen LogP contribution in [0.5, 0.6) is 0 Å². The smallest absolute Gasteiger partial charge is 0.238 e. The van der Waals surface area contributed by atoms with E-state index in [4.69, 9.17) is 0 Å². The highest BCUT2D eigenvalue weighted by Crippen LogP contribution is 2.25. The number of likely N-dealkylation sites (tertiary alicyclic amines) is 1. The first-order valence-corrected chi connectivity index (χ1v) is 11.1. The fourth-order valence-electron chi connectivity index (χ4n) is 3.78. The van der Waals surface area contributed by atoms with Gasteiger partial charge in [-0.25, -0.2) is 0 Å². The number of anilines is 1. The second-order valence-electron chi connectivity index (χ2n) is 7.47. The Kier molecular flexibility index (Phi) is 6.72. The Hall–Kier alpha value is -2.47. The molecule has 0 radical (unpaired) electrons. The third-order valence-corrected chi connectivity index (χ3v) is 6.21. The minimum absolute atomic E-state index is 0.0183. The Morgan fingerprint density at radius 2 is 1.72 bits per heavy atom. The maximum absolute atomic E-state index is 12.5. The lowest BCUT2D eigenvalue weighted by atomic mass is 10.1. The molecule has 3 aromatic rings. The third-order valence-electron chi connectivity index (χ3n) is 5.27. The molecule has 2 heterocycles. The monoisotopic (exact) mass is 405 g/mol. The van der Waals surface area contributed by atoms with E-state index in [-0.39, 0.29) is 18.5 Å². The molecule has 0 saturated carbocycles. The molecule has 1 aliphatic rings. The van der Waals surface area contributed by atoms with Gasteiger partial charge in [0.2, 0.25) is 5.91 Å². The summed E-state index contributed by atoms with van der Waals surface area (Å²) in [5.41, 5.74) is 3.30. The maximum Gasteiger partial charge on any atom is 0.238 e. The van der Waals surface area contributed by atoms with Gasteiger partial charge in [-0.15, -0.1) is 11.3 Å². The Bertz CT molecular complexity index is 888. The van der Waals surface area contributed by atoms with E-state index in [2.05, 4.69) is 51.2 Å². The Labute approximate surface area is 176 Å². The van der Waals surface area contributed by atoms with Gasteiger partial charge in [-0.3, -0.25) is 15.0 Å². The van der Waals surface area contributed by atoms with Crippen LogP contribution < -0.4 is 10.6 Å². The van der Waals surface area contributed by atoms with E-state index < -0.39 is 0 Å². The van der Waals surface area contributed by atoms with Crippen LogP contribution in [-0.4, -0.2) is 30.4 Å². The lowest BCUT2D eigenvalue weighted by molar-refractivity contribution is -0.115. The van der Waals surface area contributed by atoms with Crippen molar-refractivity contribution in [3.05, 3.63) is 88.1 Å². The van der Waals surface area contributed by atoms with Crippen LogP contribution in [0.3, 0.4) is 0 Å². The Morgan fingerprint density at radius 1 is 0.966 bits per heavy atom. The molecule has 1 fully saturated rings. The van der Waals surface area contributed by atoms with E-state index in [1.54, 1.807) is 11.3 Å². The van der Waals surface area contributed by atoms with Crippen molar-refractivity contribution < 1.29 is 4.79 Å². The molecule has 1 amide bonds. The Balaban J connectivity index is 1.32. The van der Waals surface area contributed by atoms with Crippen molar-refractivity contribution in [2.45, 2.75) is 25.4 Å². The quantitative estimate of drug-likeness (QED) is 0.573. The molecule has 2 aromatic carbocycles. The van der Waals surface area contributed by atoms with Crippen LogP contribution in [0.15, 0.2) is 72.1 Å². The van der Waals surface area contributed by atoms with Crippen LogP contribution >= 0.6 is 11.3 Å². The van der Waals surface area contributed by atoms with Gasteiger partial charge < -0.3 is 5.32 Å². The van der Waals surface area contributed by atoms with Crippen molar-refractivity contribution in [2.75, 3.05) is 25.0 Å². The van der Waals surface area contributed by atoms with Crippen molar-refractivity contribution in [2.24, 2.45) is 0 Å². The summed E-state index contributed by atoms with van der Waals surface area (Å²) < 4.78 is 0. The van der Waals surface area contributed by atoms with Crippen LogP contribution in [0.1, 0.15) is 34.9 Å². The summed E-state index contributed by atoms with van der Waals surface area (Å²) in [6.45, 7) is 3.64. The molecule has 1 atom stereocenters. The van der Waals surface area contributed by atoms with E-state index in [1.807, 2.05) is 36.4 Å². The zero-order valence-corrected chi connectivity index (χ0v) is 17.3. The highest BCUT2D eigenvalue weighted by atomic mass is 32.1. The molecule has 0 aliphatic carbocycles. The van der Waals surface area contributed by atoms with Gasteiger partial charge >= 0.3 is 0 Å². The van der Waals surface area contributed by atoms with Gasteiger partial charge in [0.1, 0.15) is 0 Å². The molecule has 0 unspecified atom stereocenters. The van der Waals surface area contributed by atoms with Crippen LogP contribution in [-0.2, 0) is 11.3 Å². The van der Waals surface area contributed by atoms with Crippen LogP contribution in [0.4, 0.5) is 5.69 Å². The fraction of sp³-hybridized carbons (Fsp3) is 0.292. The summed E-state index contributed by atoms with van der Waals surface area (Å²) in [4.78, 5) is 16.2. The standard InChI is InChI=1S/C24H27N3OS/c28-23(26-21-12-10-19(11-13-21)18-27-14-4-5-15-27)17-25-24(22-9-6-16-29-22)20-7-2-1-3-8-20/h1-3,6-13,16,24-25H,4-5,14-15,17-18H2,(H,26,28)/t24-/m1/s1. The van der Waals surface area contributed by atoms with Crippen molar-refractivity contribution in [3.63, 3.8) is 0 Å². The number of hydrogen-bond acceptors (Lipinski definition) is 4. The second kappa shape index (κ2) is 9.83. The molecule has 5 heteroatoms. The first-order chi connectivity index (χ1) is 14.3. The highest BCUT2D eigenvalue weighted by molar-refractivity contribution is 7.10. The van der Waals surface area contributed by atoms with E-state index in [1.165, 1.54) is 36.4 Å². The number of nitrogens with one attached hydrogen (secondary N) is 2. The number of rotatable bonds is 8. The van der Waals surface area contributed by atoms with Crippen LogP contribution in [0, 0.1) is 0 Å². The van der Waals surface area contributed by atoms with Gasteiger partial charge in [0.05, 0.1) is 12.6 Å². The molecule has 0 bridgehead atoms. The van der Waals surface area contributed by atoms with Gasteiger partial charge in [0.15, 0.2) is 0 Å². The normalized spacial score (nSPS) is 15.3. The summed E-state index contributed by atoms with van der Waals surface area (Å²) >= 11 is 1.70. The topological polar surface area (TPSA) is 44.4 Å². The van der Waals surface area contributed by atoms with Crippen LogP contribution in [0.25, 0.3) is 0 Å². The van der Waals surface area contributed by atoms with E-state index in [0.717, 1.165) is 17.8 Å². The number of nitrogens with zero attached hydrogens (tertiary/aromatic N) is 1. The molecule has 2 N–H and O–H groups in total. The number of benzene rings is 2. The number of carbonyl (C=O) groups is 1. The summed E-state index contributed by atoms with van der Waals surface area (Å²) in [5, 5.41) is 8.48. The predicted octanol–water partition coefficient (Wildman–Crippen LogP) is 4.66. The molecule has 150 valence electrons. The maximum atomic E-state index is 12.5. The summed E-state index contributed by atoms with van der Waals surface area (Å²) in [6, 6.07) is 22.6. The van der Waals surface area contributed by atoms with Crippen molar-refractivity contribution in [1.82, 2.24) is 10.2 Å². The first kappa shape index (κ1) is 19.8. The van der Waals surface area contributed by atoms with Gasteiger partial charge in [-0.05, 0) is 60.6 Å². The second-order valence-corrected chi connectivity index (χ2v) is 8.45. The van der Waals surface area contributed by atoms with E-state index in [0.29, 0.717) is 0 Å². The third kappa shape index (κ3) is 5.54. The largest absolute Gasteiger partial charge is 0.325 e. The minimum atomic E-state index is -0.0326. The molecular weight excluding hydrogens is 378 g/mol. The lowest BCUT2D eigenvalue weighted by Gasteiger charge is -2.18. The van der Waals surface area contributed by atoms with Crippen molar-refractivity contribution in [3.8, 4) is 0 Å². The molecule has 29 heavy (non-hydrogen) atoms. The average molecular weight is 406 g/mol. The summed E-state index contributed by atoms with van der Waals surface area (Å²) in [5.74, 6) is -0.0326. The Morgan fingerprint density at radius 3 is 2.41 bits per heavy atom. The molecular formula is C24H27N3OS. The number of hydrogen-bond donors (Lipinski definition) is 2. The zero-order valence-electron chi connectivity index (χ0n) is 16.5. The number of thiophene rings is 1. The highest BCUT2D eigenvalue weighted by Gasteiger charge is 2.16. The average Bonchev–Trinajstić information content (AvgIpc) is 3.45. The van der Waals surface area contributed by atoms with E-state index >= 15 is 0 Å². The molecule has 4 rings (SSSR count). The number of amides is 1. The predicted molar refractivity (Wildman–Crippen MR) is 120 cm³/mol. The van der Waals surface area contributed by atoms with Crippen molar-refractivity contribution in [1.29, 1.82) is 0 Å². The lowest BCUT2D eigenvalue weighted by Crippen LogP contribution is -2.31. The van der Waals surface area contributed by atoms with Gasteiger partial charge in [0, 0.05) is 17.1 Å². The summed E-state index contributed by atoms with van der Waals surface area (Å²) in [7, 11) is 0. The fourth-order valence-corrected chi connectivity index (χ4v) is 4.60. The SMILES string of the molecule is O=C(CN[C@H](c1ccccc1)c1cccs1)Nc1ccc(CN2CCCC2)cc1. The first-order valence-electron chi connectivity index (χ1n) is 10.2.